The molecule has 5 atom stereocenters. The zero-order valence-corrected chi connectivity index (χ0v) is 18.9. The lowest BCUT2D eigenvalue weighted by Crippen LogP contribution is -2.62. The fourth-order valence-corrected chi connectivity index (χ4v) is 5.93. The highest BCUT2D eigenvalue weighted by Gasteiger charge is 2.46. The predicted octanol–water partition coefficient (Wildman–Crippen LogP) is 0.540. The molecule has 5 N–H and O–H groups in total. The molecule has 0 saturated carbocycles. The number of phosphoric ester groups is 1. The molecule has 2 aliphatic heterocycles. The summed E-state index contributed by atoms with van der Waals surface area (Å²) >= 11 is 3.20. The van der Waals surface area contributed by atoms with Crippen LogP contribution < -0.4 is 5.32 Å². The number of carbonyl (C=O) groups excluding carboxylic acids is 2. The van der Waals surface area contributed by atoms with Crippen molar-refractivity contribution in [2.75, 3.05) is 13.2 Å². The second kappa shape index (κ2) is 8.73. The smallest absolute Gasteiger partial charge is 0.353 e. The summed E-state index contributed by atoms with van der Waals surface area (Å²) in [4.78, 5) is 60.4. The molecule has 3 unspecified atom stereocenters. The molecular formula is C10H18BrN2O13P3. The second-order valence-electron chi connectivity index (χ2n) is 6.26. The highest BCUT2D eigenvalue weighted by Crippen LogP contribution is 2.66. The number of hydrogen-bond donors (Lipinski definition) is 5. The Bertz CT molecular complexity index is 815. The number of carbonyl (C=O) groups is 2. The first kappa shape index (κ1) is 25.1. The zero-order valence-electron chi connectivity index (χ0n) is 14.6. The van der Waals surface area contributed by atoms with Crippen LogP contribution >= 0.6 is 39.4 Å². The summed E-state index contributed by atoms with van der Waals surface area (Å²) < 4.78 is 49.7. The van der Waals surface area contributed by atoms with Crippen LogP contribution in [0.1, 0.15) is 19.8 Å². The summed E-state index contributed by atoms with van der Waals surface area (Å²) in [5, 5.41) is 2.16. The van der Waals surface area contributed by atoms with Gasteiger partial charge in [-0.1, -0.05) is 15.9 Å². The molecule has 0 bridgehead atoms. The van der Waals surface area contributed by atoms with Gasteiger partial charge in [-0.2, -0.15) is 8.62 Å². The molecule has 0 aromatic heterocycles. The molecule has 2 heterocycles. The molecule has 2 rings (SSSR count). The van der Waals surface area contributed by atoms with E-state index < -0.39 is 58.7 Å². The summed E-state index contributed by atoms with van der Waals surface area (Å²) in [7, 11) is -16.3. The lowest BCUT2D eigenvalue weighted by molar-refractivity contribution is -0.126. The number of alkyl halides is 1. The quantitative estimate of drug-likeness (QED) is 0.207. The van der Waals surface area contributed by atoms with E-state index in [0.29, 0.717) is 6.42 Å². The van der Waals surface area contributed by atoms with Crippen molar-refractivity contribution in [1.29, 1.82) is 0 Å². The van der Waals surface area contributed by atoms with E-state index in [1.165, 1.54) is 4.90 Å². The highest BCUT2D eigenvalue weighted by atomic mass is 79.9. The molecule has 0 spiro atoms. The average molecular weight is 547 g/mol. The number of halogens is 1. The first-order valence-corrected chi connectivity index (χ1v) is 13.1. The topological polar surface area (TPSA) is 218 Å². The minimum atomic E-state index is -5.60. The molecule has 0 aromatic rings. The van der Waals surface area contributed by atoms with Crippen LogP contribution in [0, 0.1) is 0 Å². The summed E-state index contributed by atoms with van der Waals surface area (Å²) in [6.45, 7) is 0.953. The minimum Gasteiger partial charge on any atom is -0.353 e. The molecule has 168 valence electrons. The Morgan fingerprint density at radius 2 is 1.79 bits per heavy atom. The Labute approximate surface area is 172 Å². The average Bonchev–Trinajstić information content (AvgIpc) is 2.94. The van der Waals surface area contributed by atoms with E-state index in [9.17, 15) is 28.2 Å². The van der Waals surface area contributed by atoms with Crippen molar-refractivity contribution in [1.82, 2.24) is 10.2 Å². The third-order valence-electron chi connectivity index (χ3n) is 3.69. The molecular weight excluding hydrogens is 529 g/mol. The van der Waals surface area contributed by atoms with Crippen LogP contribution in [0.3, 0.4) is 0 Å². The van der Waals surface area contributed by atoms with Crippen molar-refractivity contribution in [2.45, 2.75) is 36.4 Å². The van der Waals surface area contributed by atoms with Crippen LogP contribution in [0.25, 0.3) is 0 Å². The second-order valence-corrected chi connectivity index (χ2v) is 12.4. The summed E-state index contributed by atoms with van der Waals surface area (Å²) in [5.74, 6) is -0.513. The largest absolute Gasteiger partial charge is 0.490 e. The molecule has 19 heteroatoms. The van der Waals surface area contributed by atoms with Crippen molar-refractivity contribution < 1.29 is 60.7 Å². The molecule has 0 radical (unpaired) electrons. The normalized spacial score (nSPS) is 32.6. The molecule has 15 nitrogen and oxygen atoms in total. The molecule has 2 saturated heterocycles. The van der Waals surface area contributed by atoms with Gasteiger partial charge in [0, 0.05) is 6.54 Å². The van der Waals surface area contributed by atoms with E-state index in [2.05, 4.69) is 34.4 Å². The maximum absolute atomic E-state index is 12.0. The van der Waals surface area contributed by atoms with Crippen LogP contribution in [0.5, 0.6) is 0 Å². The van der Waals surface area contributed by atoms with Gasteiger partial charge in [-0.15, -0.1) is 0 Å². The Hall–Kier alpha value is -0.210. The van der Waals surface area contributed by atoms with Gasteiger partial charge < -0.3 is 24.3 Å². The van der Waals surface area contributed by atoms with Crippen molar-refractivity contribution in [3.63, 3.8) is 0 Å². The first-order valence-electron chi connectivity index (χ1n) is 7.74. The number of urea groups is 1. The number of nitrogens with zero attached hydrogens (tertiary/aromatic N) is 1. The van der Waals surface area contributed by atoms with Gasteiger partial charge in [-0.3, -0.25) is 19.5 Å². The Morgan fingerprint density at radius 1 is 1.17 bits per heavy atom. The van der Waals surface area contributed by atoms with Crippen LogP contribution in [0.15, 0.2) is 0 Å². The molecule has 0 aliphatic carbocycles. The summed E-state index contributed by atoms with van der Waals surface area (Å²) in [6, 6.07) is -0.675. The number of imide groups is 1. The maximum atomic E-state index is 12.0. The van der Waals surface area contributed by atoms with Crippen molar-refractivity contribution >= 4 is 51.3 Å². The number of phosphoric acid groups is 3. The summed E-state index contributed by atoms with van der Waals surface area (Å²) in [6.07, 6.45) is -1.03. The minimum absolute atomic E-state index is 0.00488. The number of rotatable bonds is 8. The summed E-state index contributed by atoms with van der Waals surface area (Å²) in [5.41, 5.74) is 0. The van der Waals surface area contributed by atoms with Crippen LogP contribution in [0.2, 0.25) is 0 Å². The Balaban J connectivity index is 1.89. The number of amides is 3. The van der Waals surface area contributed by atoms with E-state index in [4.69, 9.17) is 19.4 Å². The van der Waals surface area contributed by atoms with Gasteiger partial charge in [-0.05, 0) is 19.8 Å². The Kier molecular flexibility index (Phi) is 7.54. The number of nitrogens with one attached hydrogen (secondary N) is 1. The molecule has 2 aliphatic rings. The molecule has 2 fully saturated rings. The predicted molar refractivity (Wildman–Crippen MR) is 95.3 cm³/mol. The van der Waals surface area contributed by atoms with Gasteiger partial charge in [0.15, 0.2) is 0 Å². The van der Waals surface area contributed by atoms with Gasteiger partial charge in [0.05, 0.1) is 12.7 Å². The fraction of sp³-hybridized carbons (Fsp3) is 0.800. The van der Waals surface area contributed by atoms with Crippen molar-refractivity contribution in [2.24, 2.45) is 0 Å². The van der Waals surface area contributed by atoms with Gasteiger partial charge >= 0.3 is 29.5 Å². The van der Waals surface area contributed by atoms with E-state index in [1.54, 1.807) is 6.92 Å². The molecule has 29 heavy (non-hydrogen) atoms. The monoisotopic (exact) mass is 546 g/mol. The van der Waals surface area contributed by atoms with Crippen molar-refractivity contribution in [3.05, 3.63) is 0 Å². The lowest BCUT2D eigenvalue weighted by Gasteiger charge is -2.38. The van der Waals surface area contributed by atoms with Gasteiger partial charge in [0.25, 0.3) is 0 Å². The SMILES string of the molecule is CC1(Br)CN([C@H]2CC[C@@H](COP(=O)(O)OP(=O)(O)OP(=O)(O)O)O2)C(=O)NC1=O. The number of ether oxygens (including phenoxy) is 1. The Morgan fingerprint density at radius 3 is 2.38 bits per heavy atom. The fourth-order valence-electron chi connectivity index (χ4n) is 2.51. The maximum Gasteiger partial charge on any atom is 0.490 e. The first-order chi connectivity index (χ1) is 13.0. The van der Waals surface area contributed by atoms with Crippen LogP contribution in [0.4, 0.5) is 4.79 Å². The van der Waals surface area contributed by atoms with Gasteiger partial charge in [-0.25, -0.2) is 18.5 Å². The third kappa shape index (κ3) is 7.46. The van der Waals surface area contributed by atoms with E-state index in [-0.39, 0.29) is 13.0 Å². The van der Waals surface area contributed by atoms with Crippen LogP contribution in [-0.4, -0.2) is 66.2 Å². The third-order valence-corrected chi connectivity index (χ3v) is 8.11. The van der Waals surface area contributed by atoms with E-state index in [1.807, 2.05) is 0 Å². The molecule has 0 aromatic carbocycles. The standard InChI is InChI=1S/C10H18BrN2O13P3/c1-10(11)5-13(9(15)12-8(10)14)7-3-2-6(24-7)4-23-28(19,20)26-29(21,22)25-27(16,17)18/h6-7H,2-5H2,1H3,(H,19,20)(H,21,22)(H,12,14,15)(H2,16,17,18)/t6-,7+,10?/m0/s1. The van der Waals surface area contributed by atoms with Crippen molar-refractivity contribution in [3.8, 4) is 0 Å². The van der Waals surface area contributed by atoms with Gasteiger partial charge in [0.1, 0.15) is 10.6 Å². The number of hydrogen-bond acceptors (Lipinski definition) is 9. The van der Waals surface area contributed by atoms with Crippen LogP contribution in [-0.2, 0) is 36.4 Å². The zero-order chi connectivity index (χ0) is 22.3. The highest BCUT2D eigenvalue weighted by molar-refractivity contribution is 9.10. The van der Waals surface area contributed by atoms with E-state index >= 15 is 0 Å². The molecule has 3 amide bonds. The van der Waals surface area contributed by atoms with Gasteiger partial charge in [0.2, 0.25) is 5.91 Å². The van der Waals surface area contributed by atoms with E-state index in [0.717, 1.165) is 0 Å². The lowest BCUT2D eigenvalue weighted by atomic mass is 10.1.